The highest BCUT2D eigenvalue weighted by molar-refractivity contribution is 5.79. The quantitative estimate of drug-likeness (QED) is 0.651. The predicted molar refractivity (Wildman–Crippen MR) is 61.5 cm³/mol. The second-order valence-corrected chi connectivity index (χ2v) is 4.30. The normalized spacial score (nSPS) is 15.1. The SMILES string of the molecule is CCCC(C)CC(=O)CC(C)NCC. The van der Waals surface area contributed by atoms with E-state index in [1.165, 1.54) is 12.8 Å². The Morgan fingerprint density at radius 3 is 2.36 bits per heavy atom. The molecule has 84 valence electrons. The molecule has 0 aromatic heterocycles. The minimum atomic E-state index is 0.335. The number of Topliss-reactive ketones (excluding diaryl/α,β-unsaturated/α-hetero) is 1. The van der Waals surface area contributed by atoms with Crippen LogP contribution in [0.25, 0.3) is 0 Å². The molecule has 0 heterocycles. The molecule has 2 unspecified atom stereocenters. The largest absolute Gasteiger partial charge is 0.314 e. The Hall–Kier alpha value is -0.370. The third kappa shape index (κ3) is 7.07. The van der Waals surface area contributed by atoms with E-state index in [-0.39, 0.29) is 0 Å². The van der Waals surface area contributed by atoms with Crippen molar-refractivity contribution in [1.29, 1.82) is 0 Å². The first-order valence-corrected chi connectivity index (χ1v) is 5.85. The van der Waals surface area contributed by atoms with Gasteiger partial charge in [0, 0.05) is 18.9 Å². The Balaban J connectivity index is 3.63. The second kappa shape index (κ2) is 7.98. The minimum Gasteiger partial charge on any atom is -0.314 e. The number of hydrogen-bond donors (Lipinski definition) is 1. The van der Waals surface area contributed by atoms with Crippen molar-refractivity contribution < 1.29 is 4.79 Å². The van der Waals surface area contributed by atoms with E-state index in [4.69, 9.17) is 0 Å². The van der Waals surface area contributed by atoms with Crippen molar-refractivity contribution in [2.24, 2.45) is 5.92 Å². The first kappa shape index (κ1) is 13.6. The molecular weight excluding hydrogens is 174 g/mol. The van der Waals surface area contributed by atoms with E-state index >= 15 is 0 Å². The first-order chi connectivity index (χ1) is 6.60. The van der Waals surface area contributed by atoms with Crippen molar-refractivity contribution in [3.8, 4) is 0 Å². The molecule has 0 aliphatic carbocycles. The molecule has 0 spiro atoms. The van der Waals surface area contributed by atoms with Crippen molar-refractivity contribution >= 4 is 5.78 Å². The number of carbonyl (C=O) groups excluding carboxylic acids is 1. The van der Waals surface area contributed by atoms with Crippen LogP contribution in [-0.4, -0.2) is 18.4 Å². The van der Waals surface area contributed by atoms with Gasteiger partial charge in [-0.05, 0) is 19.4 Å². The summed E-state index contributed by atoms with van der Waals surface area (Å²) in [5.41, 5.74) is 0. The van der Waals surface area contributed by atoms with Crippen LogP contribution < -0.4 is 5.32 Å². The van der Waals surface area contributed by atoms with Gasteiger partial charge in [0.05, 0.1) is 0 Å². The van der Waals surface area contributed by atoms with Crippen LogP contribution in [0.15, 0.2) is 0 Å². The zero-order valence-corrected chi connectivity index (χ0v) is 10.1. The Morgan fingerprint density at radius 2 is 1.86 bits per heavy atom. The van der Waals surface area contributed by atoms with Crippen molar-refractivity contribution in [1.82, 2.24) is 5.32 Å². The van der Waals surface area contributed by atoms with Crippen LogP contribution in [0.3, 0.4) is 0 Å². The number of nitrogens with one attached hydrogen (secondary N) is 1. The third-order valence-corrected chi connectivity index (χ3v) is 2.44. The molecule has 0 aromatic rings. The lowest BCUT2D eigenvalue weighted by molar-refractivity contribution is -0.120. The highest BCUT2D eigenvalue weighted by atomic mass is 16.1. The molecule has 14 heavy (non-hydrogen) atoms. The number of hydrogen-bond acceptors (Lipinski definition) is 2. The zero-order valence-electron chi connectivity index (χ0n) is 10.1. The van der Waals surface area contributed by atoms with Gasteiger partial charge >= 0.3 is 0 Å². The maximum atomic E-state index is 11.6. The van der Waals surface area contributed by atoms with Crippen LogP contribution in [-0.2, 0) is 4.79 Å². The van der Waals surface area contributed by atoms with E-state index in [1.54, 1.807) is 0 Å². The molecular formula is C12H25NO. The van der Waals surface area contributed by atoms with Crippen molar-refractivity contribution in [2.45, 2.75) is 59.4 Å². The Bertz CT molecular complexity index is 140. The Morgan fingerprint density at radius 1 is 1.21 bits per heavy atom. The monoisotopic (exact) mass is 199 g/mol. The molecule has 0 bridgehead atoms. The fraction of sp³-hybridized carbons (Fsp3) is 0.917. The second-order valence-electron chi connectivity index (χ2n) is 4.30. The van der Waals surface area contributed by atoms with E-state index in [9.17, 15) is 4.79 Å². The lowest BCUT2D eigenvalue weighted by Gasteiger charge is -2.13. The molecule has 0 fully saturated rings. The smallest absolute Gasteiger partial charge is 0.134 e. The highest BCUT2D eigenvalue weighted by Gasteiger charge is 2.11. The van der Waals surface area contributed by atoms with E-state index < -0.39 is 0 Å². The summed E-state index contributed by atoms with van der Waals surface area (Å²) in [6.07, 6.45) is 3.78. The fourth-order valence-electron chi connectivity index (χ4n) is 1.83. The number of ketones is 1. The minimum absolute atomic E-state index is 0.335. The van der Waals surface area contributed by atoms with Crippen LogP contribution in [0.2, 0.25) is 0 Å². The summed E-state index contributed by atoms with van der Waals surface area (Å²) >= 11 is 0. The lowest BCUT2D eigenvalue weighted by atomic mass is 9.97. The molecule has 0 saturated carbocycles. The molecule has 0 aliphatic rings. The van der Waals surface area contributed by atoms with Crippen LogP contribution in [0.4, 0.5) is 0 Å². The van der Waals surface area contributed by atoms with Crippen molar-refractivity contribution in [3.05, 3.63) is 0 Å². The van der Waals surface area contributed by atoms with Gasteiger partial charge in [-0.2, -0.15) is 0 Å². The summed E-state index contributed by atoms with van der Waals surface area (Å²) in [5.74, 6) is 0.959. The molecule has 2 atom stereocenters. The highest BCUT2D eigenvalue weighted by Crippen LogP contribution is 2.12. The maximum absolute atomic E-state index is 11.6. The van der Waals surface area contributed by atoms with Crippen LogP contribution in [0.5, 0.6) is 0 Å². The summed E-state index contributed by atoms with van der Waals surface area (Å²) in [5, 5.41) is 3.26. The standard InChI is InChI=1S/C12H25NO/c1-5-7-10(3)8-12(14)9-11(4)13-6-2/h10-11,13H,5-9H2,1-4H3. The van der Waals surface area contributed by atoms with Crippen LogP contribution in [0, 0.1) is 5.92 Å². The molecule has 0 aliphatic heterocycles. The van der Waals surface area contributed by atoms with E-state index in [0.29, 0.717) is 24.2 Å². The molecule has 2 nitrogen and oxygen atoms in total. The average molecular weight is 199 g/mol. The van der Waals surface area contributed by atoms with Gasteiger partial charge in [-0.15, -0.1) is 0 Å². The zero-order chi connectivity index (χ0) is 11.0. The van der Waals surface area contributed by atoms with E-state index in [1.807, 2.05) is 0 Å². The summed E-state index contributed by atoms with van der Waals surface area (Å²) in [7, 11) is 0. The van der Waals surface area contributed by atoms with Crippen LogP contribution >= 0.6 is 0 Å². The van der Waals surface area contributed by atoms with Gasteiger partial charge in [0.1, 0.15) is 5.78 Å². The molecule has 0 rings (SSSR count). The first-order valence-electron chi connectivity index (χ1n) is 5.85. The van der Waals surface area contributed by atoms with Gasteiger partial charge in [0.25, 0.3) is 0 Å². The van der Waals surface area contributed by atoms with Gasteiger partial charge in [-0.1, -0.05) is 33.6 Å². The summed E-state index contributed by atoms with van der Waals surface area (Å²) < 4.78 is 0. The van der Waals surface area contributed by atoms with Gasteiger partial charge < -0.3 is 5.32 Å². The van der Waals surface area contributed by atoms with Gasteiger partial charge in [-0.3, -0.25) is 4.79 Å². The Labute approximate surface area is 88.5 Å². The predicted octanol–water partition coefficient (Wildman–Crippen LogP) is 2.77. The molecule has 0 amide bonds. The molecule has 0 aromatic carbocycles. The average Bonchev–Trinajstić information content (AvgIpc) is 2.03. The molecule has 2 heteroatoms. The topological polar surface area (TPSA) is 29.1 Å². The Kier molecular flexibility index (Phi) is 7.77. The van der Waals surface area contributed by atoms with Crippen LogP contribution in [0.1, 0.15) is 53.4 Å². The van der Waals surface area contributed by atoms with Crippen molar-refractivity contribution in [3.63, 3.8) is 0 Å². The van der Waals surface area contributed by atoms with Gasteiger partial charge in [0.15, 0.2) is 0 Å². The molecule has 0 radical (unpaired) electrons. The van der Waals surface area contributed by atoms with E-state index in [2.05, 4.69) is 33.0 Å². The molecule has 1 N–H and O–H groups in total. The fourth-order valence-corrected chi connectivity index (χ4v) is 1.83. The summed E-state index contributed by atoms with van der Waals surface area (Å²) in [6, 6.07) is 0.335. The van der Waals surface area contributed by atoms with E-state index in [0.717, 1.165) is 13.0 Å². The van der Waals surface area contributed by atoms with Crippen molar-refractivity contribution in [2.75, 3.05) is 6.54 Å². The third-order valence-electron chi connectivity index (χ3n) is 2.44. The lowest BCUT2D eigenvalue weighted by Crippen LogP contribution is -2.28. The summed E-state index contributed by atoms with van der Waals surface area (Å²) in [6.45, 7) is 9.42. The summed E-state index contributed by atoms with van der Waals surface area (Å²) in [4.78, 5) is 11.6. The maximum Gasteiger partial charge on any atom is 0.134 e. The number of carbonyl (C=O) groups is 1. The van der Waals surface area contributed by atoms with Gasteiger partial charge in [0.2, 0.25) is 0 Å². The number of rotatable bonds is 8. The molecule has 0 saturated heterocycles. The van der Waals surface area contributed by atoms with Gasteiger partial charge in [-0.25, -0.2) is 0 Å².